The van der Waals surface area contributed by atoms with Crippen molar-refractivity contribution >= 4 is 28.6 Å². The Kier molecular flexibility index (Phi) is 3.85. The second-order valence-corrected chi connectivity index (χ2v) is 6.24. The highest BCUT2D eigenvalue weighted by molar-refractivity contribution is 14.1. The number of aromatic carboxylic acids is 1. The highest BCUT2D eigenvalue weighted by Crippen LogP contribution is 2.31. The van der Waals surface area contributed by atoms with Gasteiger partial charge in [0.1, 0.15) is 5.75 Å². The van der Waals surface area contributed by atoms with Crippen LogP contribution in [0.3, 0.4) is 0 Å². The summed E-state index contributed by atoms with van der Waals surface area (Å²) in [5.41, 5.74) is 2.07. The van der Waals surface area contributed by atoms with E-state index in [2.05, 4.69) is 15.1 Å². The van der Waals surface area contributed by atoms with Crippen LogP contribution in [-0.2, 0) is 6.54 Å². The van der Waals surface area contributed by atoms with Crippen LogP contribution in [0.25, 0.3) is 0 Å². The predicted octanol–water partition coefficient (Wildman–Crippen LogP) is 2.02. The molecule has 0 spiro atoms. The van der Waals surface area contributed by atoms with Gasteiger partial charge in [-0.15, -0.1) is 0 Å². The molecule has 0 atom stereocenters. The van der Waals surface area contributed by atoms with Crippen LogP contribution < -0.4 is 0 Å². The number of carbonyl (C=O) groups is 1. The van der Waals surface area contributed by atoms with E-state index in [9.17, 15) is 9.90 Å². The van der Waals surface area contributed by atoms with Crippen LogP contribution in [0.4, 0.5) is 0 Å². The first kappa shape index (κ1) is 14.3. The monoisotopic (exact) mass is 399 g/mol. The molecule has 2 heterocycles. The molecule has 7 heteroatoms. The number of H-pyrrole nitrogens is 1. The number of likely N-dealkylation sites (tertiary alicyclic amines) is 1. The summed E-state index contributed by atoms with van der Waals surface area (Å²) in [6.45, 7) is 2.49. The Bertz CT molecular complexity index is 680. The Morgan fingerprint density at radius 1 is 1.48 bits per heavy atom. The van der Waals surface area contributed by atoms with E-state index >= 15 is 0 Å². The van der Waals surface area contributed by atoms with Gasteiger partial charge in [0.25, 0.3) is 0 Å². The van der Waals surface area contributed by atoms with Gasteiger partial charge in [-0.3, -0.25) is 10.00 Å². The van der Waals surface area contributed by atoms with Crippen molar-refractivity contribution in [1.82, 2.24) is 15.1 Å². The molecule has 110 valence electrons. The highest BCUT2D eigenvalue weighted by Gasteiger charge is 2.32. The fourth-order valence-corrected chi connectivity index (χ4v) is 3.46. The summed E-state index contributed by atoms with van der Waals surface area (Å²) in [4.78, 5) is 13.2. The minimum absolute atomic E-state index is 0.0945. The molecular formula is C14H14IN3O3. The second-order valence-electron chi connectivity index (χ2n) is 5.17. The maximum Gasteiger partial charge on any atom is 0.357 e. The molecule has 0 aliphatic carbocycles. The SMILES string of the molecule is O=C(O)c1n[nH]c(C2CN(Cc3cccc(O)c3)C2)c1I. The lowest BCUT2D eigenvalue weighted by Gasteiger charge is -2.38. The molecule has 0 radical (unpaired) electrons. The summed E-state index contributed by atoms with van der Waals surface area (Å²) in [6.07, 6.45) is 0. The number of phenols is 1. The van der Waals surface area contributed by atoms with E-state index in [-0.39, 0.29) is 17.4 Å². The molecule has 1 aromatic heterocycles. The van der Waals surface area contributed by atoms with Crippen molar-refractivity contribution in [2.45, 2.75) is 12.5 Å². The van der Waals surface area contributed by atoms with Crippen molar-refractivity contribution in [2.24, 2.45) is 0 Å². The van der Waals surface area contributed by atoms with E-state index in [1.54, 1.807) is 12.1 Å². The van der Waals surface area contributed by atoms with E-state index in [1.165, 1.54) is 0 Å². The number of hydrogen-bond acceptors (Lipinski definition) is 4. The average Bonchev–Trinajstić information content (AvgIpc) is 2.75. The number of rotatable bonds is 4. The van der Waals surface area contributed by atoms with Crippen LogP contribution in [-0.4, -0.2) is 44.4 Å². The molecule has 21 heavy (non-hydrogen) atoms. The third kappa shape index (κ3) is 2.88. The van der Waals surface area contributed by atoms with Crippen molar-refractivity contribution < 1.29 is 15.0 Å². The molecule has 1 aliphatic heterocycles. The predicted molar refractivity (Wildman–Crippen MR) is 84.4 cm³/mol. The third-order valence-electron chi connectivity index (χ3n) is 3.62. The zero-order chi connectivity index (χ0) is 15.0. The number of benzene rings is 1. The number of aromatic hydroxyl groups is 1. The van der Waals surface area contributed by atoms with E-state index in [4.69, 9.17) is 5.11 Å². The first-order valence-electron chi connectivity index (χ1n) is 6.52. The number of carboxylic acid groups (broad SMARTS) is 1. The molecule has 6 nitrogen and oxygen atoms in total. The maximum atomic E-state index is 11.0. The summed E-state index contributed by atoms with van der Waals surface area (Å²) in [5, 5.41) is 25.2. The number of nitrogens with zero attached hydrogens (tertiary/aromatic N) is 2. The number of carboxylic acids is 1. The molecule has 0 unspecified atom stereocenters. The lowest BCUT2D eigenvalue weighted by molar-refractivity contribution is 0.0689. The molecule has 1 aliphatic rings. The van der Waals surface area contributed by atoms with Gasteiger partial charge in [0, 0.05) is 25.6 Å². The van der Waals surface area contributed by atoms with Crippen molar-refractivity contribution in [1.29, 1.82) is 0 Å². The topological polar surface area (TPSA) is 89.4 Å². The molecule has 0 amide bonds. The first-order chi connectivity index (χ1) is 10.0. The van der Waals surface area contributed by atoms with Crippen LogP contribution in [0.2, 0.25) is 0 Å². The third-order valence-corrected chi connectivity index (χ3v) is 4.71. The fraction of sp³-hybridized carbons (Fsp3) is 0.286. The molecule has 3 rings (SSSR count). The number of phenolic OH excluding ortho intramolecular Hbond substituents is 1. The number of aromatic amines is 1. The lowest BCUT2D eigenvalue weighted by Crippen LogP contribution is -2.44. The Morgan fingerprint density at radius 2 is 2.24 bits per heavy atom. The second kappa shape index (κ2) is 5.64. The molecule has 1 aromatic carbocycles. The Hall–Kier alpha value is -1.61. The van der Waals surface area contributed by atoms with Crippen LogP contribution in [0, 0.1) is 3.57 Å². The van der Waals surface area contributed by atoms with Crippen molar-refractivity contribution in [3.8, 4) is 5.75 Å². The Labute approximate surface area is 134 Å². The molecule has 1 fully saturated rings. The van der Waals surface area contributed by atoms with E-state index in [0.29, 0.717) is 3.57 Å². The minimum atomic E-state index is -1.00. The standard InChI is InChI=1S/C14H14IN3O3/c15-11-12(16-17-13(11)14(20)21)9-6-18(7-9)5-8-2-1-3-10(19)4-8/h1-4,9,19H,5-7H2,(H,16,17)(H,20,21). The maximum absolute atomic E-state index is 11.0. The van der Waals surface area contributed by atoms with Crippen LogP contribution in [0.1, 0.15) is 27.7 Å². The van der Waals surface area contributed by atoms with Crippen LogP contribution in [0.5, 0.6) is 5.75 Å². The van der Waals surface area contributed by atoms with E-state index < -0.39 is 5.97 Å². The largest absolute Gasteiger partial charge is 0.508 e. The van der Waals surface area contributed by atoms with Gasteiger partial charge in [0.05, 0.1) is 9.26 Å². The molecule has 2 aromatic rings. The fourth-order valence-electron chi connectivity index (χ4n) is 2.55. The minimum Gasteiger partial charge on any atom is -0.508 e. The summed E-state index contributed by atoms with van der Waals surface area (Å²) in [6, 6.07) is 7.23. The summed E-state index contributed by atoms with van der Waals surface area (Å²) in [7, 11) is 0. The smallest absolute Gasteiger partial charge is 0.357 e. The normalized spacial score (nSPS) is 15.9. The van der Waals surface area contributed by atoms with Crippen molar-refractivity contribution in [3.05, 3.63) is 44.8 Å². The lowest BCUT2D eigenvalue weighted by atomic mass is 9.95. The Balaban J connectivity index is 1.62. The van der Waals surface area contributed by atoms with Crippen LogP contribution >= 0.6 is 22.6 Å². The number of hydrogen-bond donors (Lipinski definition) is 3. The molecular weight excluding hydrogens is 385 g/mol. The van der Waals surface area contributed by atoms with Crippen molar-refractivity contribution in [2.75, 3.05) is 13.1 Å². The van der Waals surface area contributed by atoms with Gasteiger partial charge in [-0.25, -0.2) is 4.79 Å². The van der Waals surface area contributed by atoms with Gasteiger partial charge in [-0.05, 0) is 40.3 Å². The number of halogens is 1. The van der Waals surface area contributed by atoms with Gasteiger partial charge in [0.2, 0.25) is 0 Å². The number of nitrogens with one attached hydrogen (secondary N) is 1. The van der Waals surface area contributed by atoms with E-state index in [0.717, 1.165) is 30.9 Å². The van der Waals surface area contributed by atoms with Gasteiger partial charge in [-0.2, -0.15) is 5.10 Å². The molecule has 3 N–H and O–H groups in total. The zero-order valence-electron chi connectivity index (χ0n) is 11.1. The van der Waals surface area contributed by atoms with Gasteiger partial charge >= 0.3 is 5.97 Å². The van der Waals surface area contributed by atoms with E-state index in [1.807, 2.05) is 34.7 Å². The number of aromatic nitrogens is 2. The van der Waals surface area contributed by atoms with Gasteiger partial charge in [0.15, 0.2) is 5.69 Å². The quantitative estimate of drug-likeness (QED) is 0.685. The summed E-state index contributed by atoms with van der Waals surface area (Å²) in [5.74, 6) is -0.438. The molecule has 1 saturated heterocycles. The van der Waals surface area contributed by atoms with Gasteiger partial charge < -0.3 is 10.2 Å². The first-order valence-corrected chi connectivity index (χ1v) is 7.60. The Morgan fingerprint density at radius 3 is 2.86 bits per heavy atom. The summed E-state index contributed by atoms with van der Waals surface area (Å²) >= 11 is 2.03. The van der Waals surface area contributed by atoms with Crippen molar-refractivity contribution in [3.63, 3.8) is 0 Å². The molecule has 0 saturated carbocycles. The zero-order valence-corrected chi connectivity index (χ0v) is 13.2. The molecule has 0 bridgehead atoms. The van der Waals surface area contributed by atoms with Gasteiger partial charge in [-0.1, -0.05) is 12.1 Å². The summed E-state index contributed by atoms with van der Waals surface area (Å²) < 4.78 is 0.696. The highest BCUT2D eigenvalue weighted by atomic mass is 127. The van der Waals surface area contributed by atoms with Crippen LogP contribution in [0.15, 0.2) is 24.3 Å². The average molecular weight is 399 g/mol.